The van der Waals surface area contributed by atoms with Crippen molar-refractivity contribution in [2.75, 3.05) is 0 Å². The van der Waals surface area contributed by atoms with Crippen LogP contribution in [0.2, 0.25) is 0 Å². The Morgan fingerprint density at radius 1 is 1.06 bits per heavy atom. The van der Waals surface area contributed by atoms with Crippen molar-refractivity contribution in [1.29, 1.82) is 0 Å². The van der Waals surface area contributed by atoms with Crippen LogP contribution in [0.5, 0.6) is 0 Å². The van der Waals surface area contributed by atoms with Gasteiger partial charge in [-0.25, -0.2) is 9.97 Å². The molecule has 1 amide bonds. The Labute approximate surface area is 181 Å². The predicted octanol–water partition coefficient (Wildman–Crippen LogP) is 4.84. The molecule has 2 heterocycles. The smallest absolute Gasteiger partial charge is 0.227 e. The lowest BCUT2D eigenvalue weighted by Gasteiger charge is -2.13. The lowest BCUT2D eigenvalue weighted by molar-refractivity contribution is -0.122. The zero-order valence-electron chi connectivity index (χ0n) is 17.8. The van der Waals surface area contributed by atoms with Gasteiger partial charge in [0, 0.05) is 24.4 Å². The average Bonchev–Trinajstić information content (AvgIpc) is 3.24. The van der Waals surface area contributed by atoms with Crippen molar-refractivity contribution in [3.63, 3.8) is 0 Å². The maximum atomic E-state index is 12.5. The summed E-state index contributed by atoms with van der Waals surface area (Å²) in [6, 6.07) is 17.9. The van der Waals surface area contributed by atoms with E-state index >= 15 is 0 Å². The minimum Gasteiger partial charge on any atom is -0.356 e. The van der Waals surface area contributed by atoms with E-state index in [1.165, 1.54) is 11.9 Å². The molecule has 0 spiro atoms. The zero-order chi connectivity index (χ0) is 21.8. The van der Waals surface area contributed by atoms with E-state index < -0.39 is 0 Å². The number of benzene rings is 2. The van der Waals surface area contributed by atoms with Gasteiger partial charge in [-0.1, -0.05) is 59.3 Å². The lowest BCUT2D eigenvalue weighted by Crippen LogP contribution is -2.27. The maximum absolute atomic E-state index is 12.5. The van der Waals surface area contributed by atoms with Gasteiger partial charge in [0.05, 0.1) is 22.9 Å². The Morgan fingerprint density at radius 2 is 1.81 bits per heavy atom. The number of rotatable bonds is 6. The van der Waals surface area contributed by atoms with Crippen LogP contribution in [0.4, 0.5) is 0 Å². The van der Waals surface area contributed by atoms with Crippen LogP contribution in [-0.4, -0.2) is 21.0 Å². The number of hydrogen-bond donors (Lipinski definition) is 1. The molecular weight excluding hydrogens is 388 g/mol. The topological polar surface area (TPSA) is 80.9 Å². The molecule has 2 aromatic heterocycles. The van der Waals surface area contributed by atoms with Crippen LogP contribution >= 0.6 is 0 Å². The summed E-state index contributed by atoms with van der Waals surface area (Å²) < 4.78 is 5.39. The highest BCUT2D eigenvalue weighted by atomic mass is 16.5. The van der Waals surface area contributed by atoms with Crippen molar-refractivity contribution in [3.05, 3.63) is 89.5 Å². The minimum absolute atomic E-state index is 0.00621. The molecule has 156 valence electrons. The summed E-state index contributed by atoms with van der Waals surface area (Å²) in [6.07, 6.45) is 3.24. The van der Waals surface area contributed by atoms with Gasteiger partial charge in [0.2, 0.25) is 5.91 Å². The van der Waals surface area contributed by atoms with E-state index in [0.717, 1.165) is 33.6 Å². The van der Waals surface area contributed by atoms with Crippen LogP contribution in [0, 0.1) is 13.8 Å². The van der Waals surface area contributed by atoms with Gasteiger partial charge in [0.25, 0.3) is 0 Å². The first-order valence-corrected chi connectivity index (χ1v) is 10.2. The van der Waals surface area contributed by atoms with E-state index in [1.807, 2.05) is 75.4 Å². The van der Waals surface area contributed by atoms with Crippen LogP contribution in [-0.2, 0) is 11.3 Å². The van der Waals surface area contributed by atoms with E-state index in [2.05, 4.69) is 20.4 Å². The van der Waals surface area contributed by atoms with Gasteiger partial charge in [0.1, 0.15) is 6.33 Å². The minimum atomic E-state index is -0.200. The summed E-state index contributed by atoms with van der Waals surface area (Å²) in [7, 11) is 0. The van der Waals surface area contributed by atoms with Gasteiger partial charge in [-0.3, -0.25) is 4.79 Å². The molecule has 6 nitrogen and oxygen atoms in total. The molecule has 0 saturated heterocycles. The van der Waals surface area contributed by atoms with Crippen molar-refractivity contribution in [1.82, 2.24) is 20.4 Å². The SMILES string of the molecule is Cc1ccc([C@H](C)C(=O)NCc2ccc(-c3ncncc3-c3cc(C)no3)cc2)cc1. The van der Waals surface area contributed by atoms with Crippen molar-refractivity contribution in [2.45, 2.75) is 33.2 Å². The summed E-state index contributed by atoms with van der Waals surface area (Å²) in [5, 5.41) is 6.98. The van der Waals surface area contributed by atoms with E-state index in [-0.39, 0.29) is 11.8 Å². The Morgan fingerprint density at radius 3 is 2.48 bits per heavy atom. The molecule has 0 fully saturated rings. The Balaban J connectivity index is 1.45. The van der Waals surface area contributed by atoms with Gasteiger partial charge in [-0.2, -0.15) is 0 Å². The van der Waals surface area contributed by atoms with E-state index in [4.69, 9.17) is 4.52 Å². The number of carbonyl (C=O) groups excluding carboxylic acids is 1. The quantitative estimate of drug-likeness (QED) is 0.490. The second-order valence-electron chi connectivity index (χ2n) is 7.66. The molecule has 0 aliphatic heterocycles. The summed E-state index contributed by atoms with van der Waals surface area (Å²) >= 11 is 0. The second-order valence-corrected chi connectivity index (χ2v) is 7.66. The third-order valence-electron chi connectivity index (χ3n) is 5.27. The maximum Gasteiger partial charge on any atom is 0.227 e. The molecule has 4 rings (SSSR count). The molecule has 0 radical (unpaired) electrons. The molecule has 1 atom stereocenters. The number of aryl methyl sites for hydroxylation is 2. The third kappa shape index (κ3) is 4.69. The van der Waals surface area contributed by atoms with Gasteiger partial charge >= 0.3 is 0 Å². The monoisotopic (exact) mass is 412 g/mol. The number of nitrogens with one attached hydrogen (secondary N) is 1. The molecule has 0 aliphatic carbocycles. The first-order chi connectivity index (χ1) is 15.0. The van der Waals surface area contributed by atoms with Gasteiger partial charge in [-0.05, 0) is 31.9 Å². The van der Waals surface area contributed by atoms with Crippen molar-refractivity contribution in [2.24, 2.45) is 0 Å². The molecule has 31 heavy (non-hydrogen) atoms. The number of aromatic nitrogens is 3. The first kappa shape index (κ1) is 20.5. The van der Waals surface area contributed by atoms with E-state index in [9.17, 15) is 4.79 Å². The standard InChI is InChI=1S/C25H24N4O2/c1-16-4-8-20(9-5-16)18(3)25(30)27-13-19-6-10-21(11-7-19)24-22(14-26-15-28-24)23-12-17(2)29-31-23/h4-12,14-15,18H,13H2,1-3H3,(H,27,30)/t18-/m0/s1. The fourth-order valence-electron chi connectivity index (χ4n) is 3.36. The van der Waals surface area contributed by atoms with Crippen LogP contribution in [0.3, 0.4) is 0 Å². The summed E-state index contributed by atoms with van der Waals surface area (Å²) in [5.41, 5.74) is 6.51. The van der Waals surface area contributed by atoms with Gasteiger partial charge < -0.3 is 9.84 Å². The van der Waals surface area contributed by atoms with Gasteiger partial charge in [-0.15, -0.1) is 0 Å². The highest BCUT2D eigenvalue weighted by Gasteiger charge is 2.15. The Hall–Kier alpha value is -3.80. The number of amides is 1. The number of hydrogen-bond acceptors (Lipinski definition) is 5. The molecule has 0 bridgehead atoms. The molecule has 0 saturated carbocycles. The van der Waals surface area contributed by atoms with Crippen LogP contribution in [0.1, 0.15) is 35.2 Å². The molecule has 0 aliphatic rings. The number of nitrogens with zero attached hydrogens (tertiary/aromatic N) is 3. The fourth-order valence-corrected chi connectivity index (χ4v) is 3.36. The molecule has 2 aromatic carbocycles. The van der Waals surface area contributed by atoms with Crippen molar-refractivity contribution < 1.29 is 9.32 Å². The first-order valence-electron chi connectivity index (χ1n) is 10.2. The molecular formula is C25H24N4O2. The average molecular weight is 412 g/mol. The fraction of sp³-hybridized carbons (Fsp3) is 0.200. The summed E-state index contributed by atoms with van der Waals surface area (Å²) in [4.78, 5) is 21.1. The van der Waals surface area contributed by atoms with Crippen molar-refractivity contribution >= 4 is 5.91 Å². The highest BCUT2D eigenvalue weighted by molar-refractivity contribution is 5.83. The van der Waals surface area contributed by atoms with Crippen LogP contribution in [0.25, 0.3) is 22.6 Å². The zero-order valence-corrected chi connectivity index (χ0v) is 17.8. The largest absolute Gasteiger partial charge is 0.356 e. The van der Waals surface area contributed by atoms with Gasteiger partial charge in [0.15, 0.2) is 5.76 Å². The molecule has 4 aromatic rings. The third-order valence-corrected chi connectivity index (χ3v) is 5.27. The van der Waals surface area contributed by atoms with Crippen LogP contribution < -0.4 is 5.32 Å². The second kappa shape index (κ2) is 8.92. The predicted molar refractivity (Wildman–Crippen MR) is 119 cm³/mol. The highest BCUT2D eigenvalue weighted by Crippen LogP contribution is 2.30. The Kier molecular flexibility index (Phi) is 5.89. The molecule has 6 heteroatoms. The van der Waals surface area contributed by atoms with E-state index in [1.54, 1.807) is 6.20 Å². The van der Waals surface area contributed by atoms with Crippen molar-refractivity contribution in [3.8, 4) is 22.6 Å². The number of carbonyl (C=O) groups is 1. The van der Waals surface area contributed by atoms with E-state index in [0.29, 0.717) is 12.3 Å². The molecule has 1 N–H and O–H groups in total. The van der Waals surface area contributed by atoms with Crippen LogP contribution in [0.15, 0.2) is 71.6 Å². The normalized spacial score (nSPS) is 11.8. The summed E-state index contributed by atoms with van der Waals surface area (Å²) in [6.45, 7) is 6.30. The summed E-state index contributed by atoms with van der Waals surface area (Å²) in [5.74, 6) is 0.440. The Bertz CT molecular complexity index is 1180. The molecule has 0 unspecified atom stereocenters. The lowest BCUT2D eigenvalue weighted by atomic mass is 9.99.